The molecular weight excluding hydrogens is 457 g/mol. The molecule has 0 saturated carbocycles. The van der Waals surface area contributed by atoms with Gasteiger partial charge in [0, 0.05) is 31.6 Å². The maximum absolute atomic E-state index is 15.5. The van der Waals surface area contributed by atoms with Crippen molar-refractivity contribution in [1.29, 1.82) is 0 Å². The van der Waals surface area contributed by atoms with Gasteiger partial charge in [0.1, 0.15) is 30.4 Å². The summed E-state index contributed by atoms with van der Waals surface area (Å²) in [7, 11) is 1.57. The van der Waals surface area contributed by atoms with Crippen LogP contribution in [0.5, 0.6) is 0 Å². The summed E-state index contributed by atoms with van der Waals surface area (Å²) < 4.78 is 20.7. The lowest BCUT2D eigenvalue weighted by molar-refractivity contribution is 0.208. The van der Waals surface area contributed by atoms with Crippen molar-refractivity contribution < 1.29 is 9.13 Å². The number of allylic oxidation sites excluding steroid dienone is 1. The Bertz CT molecular complexity index is 1160. The standard InChI is InChI=1S/C27H34FN7O/c1-19(15-34-10-6-5-7-11-34)21-8-9-22(24(28)12-21)16-35-26(23-13-30-17-31-14-23)33-25(20(2)29-3)27(35)32-18-36-4/h8-9,12-14,17,19H,3,5-7,10-11,15-16,18H2,1-2,4H3/b25-20+,32-27+. The average Bonchev–Trinajstić information content (AvgIpc) is 3.27. The lowest BCUT2D eigenvalue weighted by Gasteiger charge is -2.29. The summed E-state index contributed by atoms with van der Waals surface area (Å²) in [6.07, 6.45) is 8.61. The quantitative estimate of drug-likeness (QED) is 0.486. The van der Waals surface area contributed by atoms with E-state index in [0.29, 0.717) is 34.2 Å². The van der Waals surface area contributed by atoms with Gasteiger partial charge in [-0.05, 0) is 57.1 Å². The molecule has 0 amide bonds. The Balaban J connectivity index is 1.63. The second-order valence-electron chi connectivity index (χ2n) is 9.25. The topological polar surface area (TPSA) is 78.6 Å². The number of amidine groups is 2. The predicted molar refractivity (Wildman–Crippen MR) is 141 cm³/mol. The largest absolute Gasteiger partial charge is 0.362 e. The minimum Gasteiger partial charge on any atom is -0.362 e. The Labute approximate surface area is 212 Å². The molecule has 0 spiro atoms. The van der Waals surface area contributed by atoms with Crippen molar-refractivity contribution in [3.8, 4) is 0 Å². The number of aliphatic imine (C=N–C) groups is 3. The molecule has 2 aliphatic heterocycles. The third kappa shape index (κ3) is 5.91. The monoisotopic (exact) mass is 491 g/mol. The van der Waals surface area contributed by atoms with E-state index in [1.807, 2.05) is 24.0 Å². The zero-order valence-corrected chi connectivity index (χ0v) is 21.3. The Morgan fingerprint density at radius 3 is 2.61 bits per heavy atom. The van der Waals surface area contributed by atoms with Gasteiger partial charge in [-0.3, -0.25) is 4.99 Å². The van der Waals surface area contributed by atoms with Gasteiger partial charge in [-0.25, -0.2) is 24.3 Å². The highest BCUT2D eigenvalue weighted by atomic mass is 19.1. The number of halogens is 1. The number of benzene rings is 1. The molecule has 4 rings (SSSR count). The first kappa shape index (κ1) is 25.8. The van der Waals surface area contributed by atoms with Gasteiger partial charge in [-0.2, -0.15) is 0 Å². The Hall–Kier alpha value is -3.30. The third-order valence-corrected chi connectivity index (χ3v) is 6.64. The first-order chi connectivity index (χ1) is 17.5. The normalized spacial score (nSPS) is 19.9. The molecule has 9 heteroatoms. The van der Waals surface area contributed by atoms with Crippen LogP contribution in [0.3, 0.4) is 0 Å². The summed E-state index contributed by atoms with van der Waals surface area (Å²) in [5.41, 5.74) is 3.43. The maximum atomic E-state index is 15.5. The average molecular weight is 492 g/mol. The Morgan fingerprint density at radius 1 is 1.19 bits per heavy atom. The van der Waals surface area contributed by atoms with Crippen LogP contribution in [0, 0.1) is 5.82 Å². The van der Waals surface area contributed by atoms with E-state index in [9.17, 15) is 0 Å². The Morgan fingerprint density at radius 2 is 1.94 bits per heavy atom. The highest BCUT2D eigenvalue weighted by molar-refractivity contribution is 6.20. The number of rotatable bonds is 9. The molecule has 2 aromatic rings. The van der Waals surface area contributed by atoms with E-state index >= 15 is 4.39 Å². The molecule has 1 fully saturated rings. The van der Waals surface area contributed by atoms with Crippen LogP contribution in [-0.2, 0) is 11.3 Å². The molecule has 1 aromatic heterocycles. The zero-order valence-electron chi connectivity index (χ0n) is 21.3. The van der Waals surface area contributed by atoms with Crippen LogP contribution in [0.2, 0.25) is 0 Å². The Kier molecular flexibility index (Phi) is 8.66. The van der Waals surface area contributed by atoms with Crippen LogP contribution < -0.4 is 0 Å². The van der Waals surface area contributed by atoms with Crippen molar-refractivity contribution in [2.45, 2.75) is 45.6 Å². The second-order valence-corrected chi connectivity index (χ2v) is 9.25. The number of nitrogens with zero attached hydrogens (tertiary/aromatic N) is 7. The fraction of sp³-hybridized carbons (Fsp3) is 0.444. The van der Waals surface area contributed by atoms with Crippen molar-refractivity contribution in [2.75, 3.05) is 33.5 Å². The number of methoxy groups -OCH3 is 1. The highest BCUT2D eigenvalue weighted by Crippen LogP contribution is 2.28. The molecule has 1 saturated heterocycles. The summed E-state index contributed by atoms with van der Waals surface area (Å²) >= 11 is 0. The van der Waals surface area contributed by atoms with Crippen molar-refractivity contribution in [2.24, 2.45) is 15.0 Å². The van der Waals surface area contributed by atoms with E-state index < -0.39 is 0 Å². The van der Waals surface area contributed by atoms with Crippen molar-refractivity contribution in [1.82, 2.24) is 19.8 Å². The number of piperidine rings is 1. The van der Waals surface area contributed by atoms with Crippen LogP contribution in [0.15, 0.2) is 63.3 Å². The van der Waals surface area contributed by atoms with Gasteiger partial charge in [-0.1, -0.05) is 25.5 Å². The molecule has 1 atom stereocenters. The molecule has 1 unspecified atom stereocenters. The number of ether oxygens (including phenoxy) is 1. The van der Waals surface area contributed by atoms with Gasteiger partial charge >= 0.3 is 0 Å². The zero-order chi connectivity index (χ0) is 25.5. The molecule has 0 N–H and O–H groups in total. The summed E-state index contributed by atoms with van der Waals surface area (Å²) in [5.74, 6) is 1.13. The van der Waals surface area contributed by atoms with E-state index in [-0.39, 0.29) is 25.0 Å². The SMILES string of the molecule is C=N/C(C)=C1/N=C(c2cncnc2)N(Cc2ccc(C(C)CN3CCCCC3)cc2F)/C1=N/COC. The fourth-order valence-electron chi connectivity index (χ4n) is 4.64. The van der Waals surface area contributed by atoms with Crippen LogP contribution >= 0.6 is 0 Å². The minimum absolute atomic E-state index is 0.128. The second kappa shape index (κ2) is 12.1. The first-order valence-corrected chi connectivity index (χ1v) is 12.4. The molecule has 190 valence electrons. The maximum Gasteiger partial charge on any atom is 0.160 e. The van der Waals surface area contributed by atoms with Crippen LogP contribution in [0.25, 0.3) is 0 Å². The summed E-state index contributed by atoms with van der Waals surface area (Å²) in [6, 6.07) is 5.57. The summed E-state index contributed by atoms with van der Waals surface area (Å²) in [6.45, 7) is 11.2. The van der Waals surface area contributed by atoms with Crippen molar-refractivity contribution in [3.63, 3.8) is 0 Å². The predicted octanol–water partition coefficient (Wildman–Crippen LogP) is 4.40. The van der Waals surface area contributed by atoms with E-state index in [1.54, 1.807) is 25.6 Å². The minimum atomic E-state index is -0.247. The fourth-order valence-corrected chi connectivity index (χ4v) is 4.64. The van der Waals surface area contributed by atoms with Gasteiger partial charge in [-0.15, -0.1) is 0 Å². The highest BCUT2D eigenvalue weighted by Gasteiger charge is 2.32. The van der Waals surface area contributed by atoms with Crippen LogP contribution in [-0.4, -0.2) is 71.6 Å². The van der Waals surface area contributed by atoms with Crippen LogP contribution in [0.1, 0.15) is 55.7 Å². The van der Waals surface area contributed by atoms with Gasteiger partial charge in [0.15, 0.2) is 5.84 Å². The number of hydrogen-bond donors (Lipinski definition) is 0. The molecule has 0 radical (unpaired) electrons. The van der Waals surface area contributed by atoms with Gasteiger partial charge in [0.25, 0.3) is 0 Å². The van der Waals surface area contributed by atoms with Crippen molar-refractivity contribution in [3.05, 3.63) is 70.8 Å². The van der Waals surface area contributed by atoms with E-state index in [4.69, 9.17) is 9.73 Å². The summed E-state index contributed by atoms with van der Waals surface area (Å²) in [4.78, 5) is 26.0. The molecule has 1 aromatic carbocycles. The smallest absolute Gasteiger partial charge is 0.160 e. The van der Waals surface area contributed by atoms with Gasteiger partial charge < -0.3 is 14.5 Å². The lowest BCUT2D eigenvalue weighted by atomic mass is 9.97. The molecule has 0 bridgehead atoms. The van der Waals surface area contributed by atoms with Gasteiger partial charge in [0.2, 0.25) is 0 Å². The summed E-state index contributed by atoms with van der Waals surface area (Å²) in [5, 5.41) is 0. The van der Waals surface area contributed by atoms with E-state index in [2.05, 4.69) is 38.5 Å². The first-order valence-electron chi connectivity index (χ1n) is 12.4. The molecule has 3 heterocycles. The number of likely N-dealkylation sites (tertiary alicyclic amines) is 1. The molecule has 0 aliphatic carbocycles. The molecule has 2 aliphatic rings. The molecular formula is C27H34FN7O. The number of hydrogen-bond acceptors (Lipinski definition) is 7. The number of aromatic nitrogens is 2. The van der Waals surface area contributed by atoms with Crippen LogP contribution in [0.4, 0.5) is 4.39 Å². The lowest BCUT2D eigenvalue weighted by Crippen LogP contribution is -2.33. The molecule has 36 heavy (non-hydrogen) atoms. The van der Waals surface area contributed by atoms with E-state index in [0.717, 1.165) is 25.2 Å². The van der Waals surface area contributed by atoms with E-state index in [1.165, 1.54) is 25.6 Å². The van der Waals surface area contributed by atoms with Crippen molar-refractivity contribution >= 4 is 18.4 Å². The third-order valence-electron chi connectivity index (χ3n) is 6.64. The molecule has 8 nitrogen and oxygen atoms in total. The van der Waals surface area contributed by atoms with Gasteiger partial charge in [0.05, 0.1) is 17.8 Å².